The molecule has 1 aliphatic carbocycles. The van der Waals surface area contributed by atoms with E-state index in [4.69, 9.17) is 9.72 Å². The maximum atomic E-state index is 11.4. The molecule has 1 amide bonds. The Kier molecular flexibility index (Phi) is 4.62. The lowest BCUT2D eigenvalue weighted by atomic mass is 9.71. The quantitative estimate of drug-likeness (QED) is 0.458. The molecule has 2 N–H and O–H groups in total. The third kappa shape index (κ3) is 3.22. The summed E-state index contributed by atoms with van der Waals surface area (Å²) >= 11 is 0. The molecule has 1 aliphatic heterocycles. The first-order valence-corrected chi connectivity index (χ1v) is 11.3. The van der Waals surface area contributed by atoms with Gasteiger partial charge in [-0.2, -0.15) is 0 Å². The molecule has 8 heteroatoms. The van der Waals surface area contributed by atoms with Crippen molar-refractivity contribution in [3.05, 3.63) is 77.9 Å². The highest BCUT2D eigenvalue weighted by Crippen LogP contribution is 2.43. The molecule has 2 aliphatic rings. The number of amides is 1. The summed E-state index contributed by atoms with van der Waals surface area (Å²) in [4.78, 5) is 16.3. The Labute approximate surface area is 196 Å². The highest BCUT2D eigenvalue weighted by atomic mass is 16.5. The van der Waals surface area contributed by atoms with E-state index in [0.717, 1.165) is 64.5 Å². The molecule has 0 spiro atoms. The Hall–Kier alpha value is -4.20. The van der Waals surface area contributed by atoms with Crippen LogP contribution in [0.3, 0.4) is 0 Å². The Morgan fingerprint density at radius 2 is 1.82 bits per heavy atom. The third-order valence-electron chi connectivity index (χ3n) is 6.79. The van der Waals surface area contributed by atoms with Crippen molar-refractivity contribution in [1.82, 2.24) is 25.1 Å². The number of carboxylic acid groups (broad SMARTS) is 1. The summed E-state index contributed by atoms with van der Waals surface area (Å²) in [6.45, 7) is 2.23. The van der Waals surface area contributed by atoms with Crippen LogP contribution < -0.4 is 10.1 Å². The van der Waals surface area contributed by atoms with E-state index in [-0.39, 0.29) is 0 Å². The molecule has 1 saturated carbocycles. The molecule has 0 atom stereocenters. The van der Waals surface area contributed by atoms with E-state index in [1.54, 1.807) is 0 Å². The van der Waals surface area contributed by atoms with E-state index in [1.165, 1.54) is 0 Å². The van der Waals surface area contributed by atoms with Gasteiger partial charge in [-0.15, -0.1) is 10.2 Å². The van der Waals surface area contributed by atoms with Gasteiger partial charge in [-0.05, 0) is 43.4 Å². The molecule has 0 bridgehead atoms. The average molecular weight is 454 g/mol. The molecule has 6 rings (SSSR count). The standard InChI is InChI=1S/C26H23N5O3/c1-16-29-30-22-15-34-24-21(31(16)22)14-20(17-6-3-2-4-7-17)23(27-24)18-8-10-19(11-9-18)26(12-5-13-26)28-25(32)33/h2-4,6-11,14,28H,5,12-13,15H2,1H3,(H,32,33). The average Bonchev–Trinajstić information content (AvgIpc) is 3.22. The molecule has 3 heterocycles. The van der Waals surface area contributed by atoms with Gasteiger partial charge in [-0.25, -0.2) is 9.78 Å². The Morgan fingerprint density at radius 3 is 2.50 bits per heavy atom. The van der Waals surface area contributed by atoms with Gasteiger partial charge in [0.1, 0.15) is 11.5 Å². The highest BCUT2D eigenvalue weighted by molar-refractivity contribution is 5.83. The van der Waals surface area contributed by atoms with Gasteiger partial charge in [0.05, 0.1) is 11.2 Å². The maximum absolute atomic E-state index is 11.4. The largest absolute Gasteiger partial charge is 0.468 e. The van der Waals surface area contributed by atoms with Crippen LogP contribution in [-0.4, -0.2) is 30.9 Å². The number of rotatable bonds is 4. The normalized spacial score (nSPS) is 15.4. The van der Waals surface area contributed by atoms with Crippen LogP contribution in [0.25, 0.3) is 28.1 Å². The Morgan fingerprint density at radius 1 is 1.06 bits per heavy atom. The van der Waals surface area contributed by atoms with E-state index in [1.807, 2.05) is 54.0 Å². The molecule has 2 aromatic heterocycles. The monoisotopic (exact) mass is 453 g/mol. The van der Waals surface area contributed by atoms with Crippen molar-refractivity contribution in [1.29, 1.82) is 0 Å². The van der Waals surface area contributed by atoms with Crippen molar-refractivity contribution in [3.8, 4) is 34.0 Å². The van der Waals surface area contributed by atoms with E-state index >= 15 is 0 Å². The number of fused-ring (bicyclic) bond motifs is 3. The van der Waals surface area contributed by atoms with Crippen molar-refractivity contribution in [2.45, 2.75) is 38.3 Å². The molecule has 0 radical (unpaired) electrons. The topological polar surface area (TPSA) is 102 Å². The van der Waals surface area contributed by atoms with Gasteiger partial charge >= 0.3 is 6.09 Å². The number of nitrogens with one attached hydrogen (secondary N) is 1. The minimum atomic E-state index is -0.993. The SMILES string of the molecule is Cc1nnc2n1-c1cc(-c3ccccc3)c(-c3ccc(C4(NC(=O)O)CCC4)cc3)nc1OC2. The number of nitrogens with zero attached hydrogens (tertiary/aromatic N) is 4. The van der Waals surface area contributed by atoms with Crippen LogP contribution in [0.5, 0.6) is 5.88 Å². The number of aryl methyl sites for hydroxylation is 1. The Balaban J connectivity index is 1.48. The van der Waals surface area contributed by atoms with Gasteiger partial charge in [-0.3, -0.25) is 4.57 Å². The van der Waals surface area contributed by atoms with Crippen molar-refractivity contribution in [3.63, 3.8) is 0 Å². The molecular formula is C26H23N5O3. The third-order valence-corrected chi connectivity index (χ3v) is 6.79. The second-order valence-corrected chi connectivity index (χ2v) is 8.81. The van der Waals surface area contributed by atoms with E-state index in [0.29, 0.717) is 12.5 Å². The minimum absolute atomic E-state index is 0.313. The molecule has 2 aromatic carbocycles. The number of benzene rings is 2. The summed E-state index contributed by atoms with van der Waals surface area (Å²) in [7, 11) is 0. The number of pyridine rings is 1. The van der Waals surface area contributed by atoms with Gasteiger partial charge in [0.2, 0.25) is 5.88 Å². The summed E-state index contributed by atoms with van der Waals surface area (Å²) in [6, 6.07) is 20.2. The van der Waals surface area contributed by atoms with Crippen LogP contribution in [0.2, 0.25) is 0 Å². The summed E-state index contributed by atoms with van der Waals surface area (Å²) in [6.07, 6.45) is 1.63. The molecular weight excluding hydrogens is 430 g/mol. The van der Waals surface area contributed by atoms with Crippen LogP contribution in [0.15, 0.2) is 60.7 Å². The fourth-order valence-corrected chi connectivity index (χ4v) is 4.92. The second-order valence-electron chi connectivity index (χ2n) is 8.81. The second kappa shape index (κ2) is 7.69. The molecule has 8 nitrogen and oxygen atoms in total. The number of aromatic nitrogens is 4. The number of hydrogen-bond donors (Lipinski definition) is 2. The fourth-order valence-electron chi connectivity index (χ4n) is 4.92. The summed E-state index contributed by atoms with van der Waals surface area (Å²) in [5.41, 5.74) is 5.05. The first-order valence-electron chi connectivity index (χ1n) is 11.3. The molecule has 1 fully saturated rings. The predicted octanol–water partition coefficient (Wildman–Crippen LogP) is 4.84. The van der Waals surface area contributed by atoms with Gasteiger partial charge in [0.15, 0.2) is 12.4 Å². The van der Waals surface area contributed by atoms with E-state index in [2.05, 4.69) is 33.7 Å². The summed E-state index contributed by atoms with van der Waals surface area (Å²) in [5.74, 6) is 2.07. The van der Waals surface area contributed by atoms with Gasteiger partial charge in [0.25, 0.3) is 0 Å². The van der Waals surface area contributed by atoms with Crippen LogP contribution in [0.1, 0.15) is 36.5 Å². The predicted molar refractivity (Wildman–Crippen MR) is 126 cm³/mol. The number of hydrogen-bond acceptors (Lipinski definition) is 5. The fraction of sp³-hybridized carbons (Fsp3) is 0.231. The zero-order valence-corrected chi connectivity index (χ0v) is 18.7. The zero-order chi connectivity index (χ0) is 23.3. The van der Waals surface area contributed by atoms with Crippen molar-refractivity contribution >= 4 is 6.09 Å². The molecule has 0 unspecified atom stereocenters. The van der Waals surface area contributed by atoms with Crippen molar-refractivity contribution in [2.75, 3.05) is 0 Å². The molecule has 170 valence electrons. The molecule has 0 saturated heterocycles. The number of ether oxygens (including phenoxy) is 1. The lowest BCUT2D eigenvalue weighted by Gasteiger charge is -2.42. The molecule has 4 aromatic rings. The van der Waals surface area contributed by atoms with Gasteiger partial charge < -0.3 is 15.2 Å². The van der Waals surface area contributed by atoms with Crippen LogP contribution in [0, 0.1) is 6.92 Å². The van der Waals surface area contributed by atoms with E-state index < -0.39 is 11.6 Å². The van der Waals surface area contributed by atoms with Crippen LogP contribution in [-0.2, 0) is 12.1 Å². The lowest BCUT2D eigenvalue weighted by Crippen LogP contribution is -2.50. The highest BCUT2D eigenvalue weighted by Gasteiger charge is 2.40. The number of carbonyl (C=O) groups is 1. The van der Waals surface area contributed by atoms with Gasteiger partial charge in [0, 0.05) is 11.1 Å². The first-order chi connectivity index (χ1) is 16.5. The van der Waals surface area contributed by atoms with Gasteiger partial charge in [-0.1, -0.05) is 54.6 Å². The Bertz CT molecular complexity index is 1390. The van der Waals surface area contributed by atoms with E-state index in [9.17, 15) is 9.90 Å². The maximum Gasteiger partial charge on any atom is 0.405 e. The summed E-state index contributed by atoms with van der Waals surface area (Å²) in [5, 5.41) is 20.5. The zero-order valence-electron chi connectivity index (χ0n) is 18.7. The van der Waals surface area contributed by atoms with Crippen LogP contribution in [0.4, 0.5) is 4.79 Å². The smallest absolute Gasteiger partial charge is 0.405 e. The van der Waals surface area contributed by atoms with Crippen LogP contribution >= 0.6 is 0 Å². The minimum Gasteiger partial charge on any atom is -0.468 e. The summed E-state index contributed by atoms with van der Waals surface area (Å²) < 4.78 is 7.94. The molecule has 34 heavy (non-hydrogen) atoms. The van der Waals surface area contributed by atoms with Crippen molar-refractivity contribution in [2.24, 2.45) is 0 Å². The lowest BCUT2D eigenvalue weighted by molar-refractivity contribution is 0.144. The van der Waals surface area contributed by atoms with Crippen molar-refractivity contribution < 1.29 is 14.6 Å². The first kappa shape index (κ1) is 20.4.